The van der Waals surface area contributed by atoms with Gasteiger partial charge in [0.25, 0.3) is 0 Å². The second-order valence-corrected chi connectivity index (χ2v) is 5.06. The lowest BCUT2D eigenvalue weighted by molar-refractivity contribution is -0.141. The largest absolute Gasteiger partial charge is 0.481 e. The summed E-state index contributed by atoms with van der Waals surface area (Å²) >= 11 is 1.78. The van der Waals surface area contributed by atoms with Gasteiger partial charge in [-0.05, 0) is 42.7 Å². The maximum Gasteiger partial charge on any atom is 0.306 e. The molecule has 1 N–H and O–H groups in total. The van der Waals surface area contributed by atoms with E-state index in [0.29, 0.717) is 6.42 Å². The lowest BCUT2D eigenvalue weighted by atomic mass is 9.94. The lowest BCUT2D eigenvalue weighted by Gasteiger charge is -2.11. The quantitative estimate of drug-likeness (QED) is 0.794. The molecular formula is C12H14O2S. The third-order valence-electron chi connectivity index (χ3n) is 2.89. The maximum absolute atomic E-state index is 11.0. The molecule has 1 aromatic rings. The molecule has 0 bridgehead atoms. The average molecular weight is 222 g/mol. The van der Waals surface area contributed by atoms with Gasteiger partial charge in [0, 0.05) is 4.90 Å². The van der Waals surface area contributed by atoms with E-state index in [4.69, 9.17) is 5.11 Å². The van der Waals surface area contributed by atoms with Crippen molar-refractivity contribution in [3.63, 3.8) is 0 Å². The van der Waals surface area contributed by atoms with E-state index in [2.05, 4.69) is 19.1 Å². The summed E-state index contributed by atoms with van der Waals surface area (Å²) in [5, 5.41) is 9.07. The molecule has 0 saturated heterocycles. The summed E-state index contributed by atoms with van der Waals surface area (Å²) in [7, 11) is 0. The third kappa shape index (κ3) is 2.17. The van der Waals surface area contributed by atoms with Gasteiger partial charge in [0.15, 0.2) is 0 Å². The number of rotatable bonds is 1. The van der Waals surface area contributed by atoms with Crippen LogP contribution < -0.4 is 0 Å². The number of fused-ring (bicyclic) bond motifs is 1. The van der Waals surface area contributed by atoms with E-state index in [1.807, 2.05) is 6.07 Å². The minimum Gasteiger partial charge on any atom is -0.481 e. The third-order valence-corrected chi connectivity index (χ3v) is 4.02. The monoisotopic (exact) mass is 222 g/mol. The molecule has 1 heterocycles. The molecule has 0 aromatic heterocycles. The molecule has 1 aliphatic heterocycles. The summed E-state index contributed by atoms with van der Waals surface area (Å²) < 4.78 is 0. The smallest absolute Gasteiger partial charge is 0.306 e. The van der Waals surface area contributed by atoms with E-state index in [1.54, 1.807) is 11.8 Å². The molecule has 1 unspecified atom stereocenters. The highest BCUT2D eigenvalue weighted by atomic mass is 32.2. The van der Waals surface area contributed by atoms with Crippen LogP contribution in [0.3, 0.4) is 0 Å². The lowest BCUT2D eigenvalue weighted by Crippen LogP contribution is -2.16. The number of carboxylic acid groups (broad SMARTS) is 1. The number of aliphatic carboxylic acids is 1. The van der Waals surface area contributed by atoms with Crippen LogP contribution in [0, 0.1) is 12.8 Å². The van der Waals surface area contributed by atoms with Crippen molar-refractivity contribution in [2.75, 3.05) is 5.75 Å². The first-order valence-electron chi connectivity index (χ1n) is 5.12. The first-order valence-corrected chi connectivity index (χ1v) is 6.11. The predicted octanol–water partition coefficient (Wildman–Crippen LogP) is 2.73. The van der Waals surface area contributed by atoms with E-state index in [0.717, 1.165) is 12.2 Å². The minimum atomic E-state index is -0.660. The molecule has 80 valence electrons. The van der Waals surface area contributed by atoms with Gasteiger partial charge in [-0.1, -0.05) is 12.1 Å². The Labute approximate surface area is 93.7 Å². The number of aryl methyl sites for hydroxylation is 1. The molecule has 1 aliphatic rings. The second kappa shape index (κ2) is 4.27. The van der Waals surface area contributed by atoms with Gasteiger partial charge in [-0.15, -0.1) is 11.8 Å². The Hall–Kier alpha value is -0.960. The zero-order valence-electron chi connectivity index (χ0n) is 8.69. The van der Waals surface area contributed by atoms with Gasteiger partial charge in [-0.25, -0.2) is 0 Å². The molecule has 0 spiro atoms. The number of hydrogen-bond acceptors (Lipinski definition) is 2. The number of carbonyl (C=O) groups is 1. The fourth-order valence-electron chi connectivity index (χ4n) is 1.94. The number of thioether (sulfide) groups is 1. The van der Waals surface area contributed by atoms with Crippen molar-refractivity contribution >= 4 is 17.7 Å². The maximum atomic E-state index is 11.0. The highest BCUT2D eigenvalue weighted by molar-refractivity contribution is 7.99. The molecule has 0 amide bonds. The van der Waals surface area contributed by atoms with Crippen LogP contribution in [-0.2, 0) is 11.2 Å². The molecule has 0 aliphatic carbocycles. The Bertz CT molecular complexity index is 387. The fraction of sp³-hybridized carbons (Fsp3) is 0.417. The van der Waals surface area contributed by atoms with Crippen LogP contribution in [-0.4, -0.2) is 16.8 Å². The topological polar surface area (TPSA) is 37.3 Å². The van der Waals surface area contributed by atoms with Crippen LogP contribution >= 0.6 is 11.8 Å². The van der Waals surface area contributed by atoms with Gasteiger partial charge in [-0.3, -0.25) is 4.79 Å². The van der Waals surface area contributed by atoms with Gasteiger partial charge < -0.3 is 5.11 Å². The molecule has 15 heavy (non-hydrogen) atoms. The zero-order chi connectivity index (χ0) is 10.8. The average Bonchev–Trinajstić information content (AvgIpc) is 2.40. The molecule has 2 rings (SSSR count). The van der Waals surface area contributed by atoms with Crippen molar-refractivity contribution in [1.29, 1.82) is 0 Å². The summed E-state index contributed by atoms with van der Waals surface area (Å²) in [6, 6.07) is 6.20. The Morgan fingerprint density at radius 1 is 1.53 bits per heavy atom. The van der Waals surface area contributed by atoms with Crippen molar-refractivity contribution in [2.45, 2.75) is 24.7 Å². The van der Waals surface area contributed by atoms with Crippen LogP contribution in [0.15, 0.2) is 23.1 Å². The molecule has 0 radical (unpaired) electrons. The van der Waals surface area contributed by atoms with Crippen molar-refractivity contribution in [3.8, 4) is 0 Å². The van der Waals surface area contributed by atoms with E-state index in [-0.39, 0.29) is 5.92 Å². The summed E-state index contributed by atoms with van der Waals surface area (Å²) in [5.41, 5.74) is 2.44. The molecule has 1 atom stereocenters. The minimum absolute atomic E-state index is 0.208. The van der Waals surface area contributed by atoms with E-state index < -0.39 is 5.97 Å². The highest BCUT2D eigenvalue weighted by Crippen LogP contribution is 2.33. The Balaban J connectivity index is 2.35. The van der Waals surface area contributed by atoms with E-state index in [9.17, 15) is 4.79 Å². The Kier molecular flexibility index (Phi) is 3.00. The van der Waals surface area contributed by atoms with Crippen molar-refractivity contribution in [3.05, 3.63) is 29.3 Å². The van der Waals surface area contributed by atoms with Crippen molar-refractivity contribution in [1.82, 2.24) is 0 Å². The highest BCUT2D eigenvalue weighted by Gasteiger charge is 2.23. The Morgan fingerprint density at radius 2 is 2.33 bits per heavy atom. The first kappa shape index (κ1) is 10.6. The molecule has 0 saturated carbocycles. The second-order valence-electron chi connectivity index (χ2n) is 3.93. The SMILES string of the molecule is Cc1cccc2c1CC(C(=O)O)CCS2. The number of benzene rings is 1. The van der Waals surface area contributed by atoms with Crippen LogP contribution in [0.25, 0.3) is 0 Å². The summed E-state index contributed by atoms with van der Waals surface area (Å²) in [6.07, 6.45) is 1.46. The Morgan fingerprint density at radius 3 is 3.07 bits per heavy atom. The molecule has 1 aromatic carbocycles. The predicted molar refractivity (Wildman–Crippen MR) is 61.3 cm³/mol. The van der Waals surface area contributed by atoms with Crippen LogP contribution in [0.1, 0.15) is 17.5 Å². The van der Waals surface area contributed by atoms with Gasteiger partial charge in [0.05, 0.1) is 5.92 Å². The molecule has 0 fully saturated rings. The summed E-state index contributed by atoms with van der Waals surface area (Å²) in [4.78, 5) is 12.3. The number of carboxylic acids is 1. The van der Waals surface area contributed by atoms with Gasteiger partial charge in [0.1, 0.15) is 0 Å². The van der Waals surface area contributed by atoms with Crippen LogP contribution in [0.2, 0.25) is 0 Å². The molecule has 2 nitrogen and oxygen atoms in total. The zero-order valence-corrected chi connectivity index (χ0v) is 9.51. The van der Waals surface area contributed by atoms with E-state index >= 15 is 0 Å². The fourth-order valence-corrected chi connectivity index (χ4v) is 3.16. The molecular weight excluding hydrogens is 208 g/mol. The van der Waals surface area contributed by atoms with Crippen molar-refractivity contribution in [2.24, 2.45) is 5.92 Å². The van der Waals surface area contributed by atoms with Gasteiger partial charge >= 0.3 is 5.97 Å². The van der Waals surface area contributed by atoms with E-state index in [1.165, 1.54) is 16.0 Å². The molecule has 3 heteroatoms. The summed E-state index contributed by atoms with van der Waals surface area (Å²) in [6.45, 7) is 2.06. The van der Waals surface area contributed by atoms with Gasteiger partial charge in [-0.2, -0.15) is 0 Å². The summed E-state index contributed by atoms with van der Waals surface area (Å²) in [5.74, 6) is 0.0412. The van der Waals surface area contributed by atoms with Crippen LogP contribution in [0.4, 0.5) is 0 Å². The first-order chi connectivity index (χ1) is 7.18. The standard InChI is InChI=1S/C12H14O2S/c1-8-3-2-4-11-10(8)7-9(12(13)14)5-6-15-11/h2-4,9H,5-7H2,1H3,(H,13,14). The normalized spacial score (nSPS) is 20.5. The van der Waals surface area contributed by atoms with Crippen LogP contribution in [0.5, 0.6) is 0 Å². The number of hydrogen-bond donors (Lipinski definition) is 1. The van der Waals surface area contributed by atoms with Crippen molar-refractivity contribution < 1.29 is 9.90 Å². The van der Waals surface area contributed by atoms with Gasteiger partial charge in [0.2, 0.25) is 0 Å².